The minimum Gasteiger partial charge on any atom is -0.335 e. The third kappa shape index (κ3) is 5.26. The van der Waals surface area contributed by atoms with Crippen molar-refractivity contribution >= 4 is 40.8 Å². The van der Waals surface area contributed by atoms with Gasteiger partial charge in [-0.2, -0.15) is 0 Å². The molecule has 1 aromatic heterocycles. The van der Waals surface area contributed by atoms with Crippen molar-refractivity contribution in [1.29, 1.82) is 0 Å². The second-order valence-electron chi connectivity index (χ2n) is 9.04. The van der Waals surface area contributed by atoms with Gasteiger partial charge in [0.2, 0.25) is 0 Å². The molecule has 9 heteroatoms. The number of urea groups is 1. The minimum absolute atomic E-state index is 0.106. The van der Waals surface area contributed by atoms with Crippen molar-refractivity contribution in [3.05, 3.63) is 106 Å². The Morgan fingerprint density at radius 2 is 1.47 bits per heavy atom. The first-order chi connectivity index (χ1) is 18.3. The van der Waals surface area contributed by atoms with Gasteiger partial charge in [0, 0.05) is 43.2 Å². The molecule has 3 amide bonds. The Hall–Kier alpha value is -3.81. The van der Waals surface area contributed by atoms with Crippen LogP contribution in [0.2, 0.25) is 10.0 Å². The summed E-state index contributed by atoms with van der Waals surface area (Å²) in [6.45, 7) is 3.49. The molecule has 5 rings (SSSR count). The second kappa shape index (κ2) is 10.9. The van der Waals surface area contributed by atoms with Crippen LogP contribution in [0.3, 0.4) is 0 Å². The Bertz CT molecular complexity index is 1480. The normalized spacial score (nSPS) is 13.5. The first-order valence-electron chi connectivity index (χ1n) is 12.2. The molecule has 4 aromatic rings. The van der Waals surface area contributed by atoms with Crippen molar-refractivity contribution in [3.63, 3.8) is 0 Å². The number of amides is 3. The van der Waals surface area contributed by atoms with Gasteiger partial charge in [-0.3, -0.25) is 4.79 Å². The number of para-hydroxylation sites is 1. The molecule has 0 radical (unpaired) electrons. The highest BCUT2D eigenvalue weighted by Crippen LogP contribution is 2.31. The van der Waals surface area contributed by atoms with Gasteiger partial charge in [-0.15, -0.1) is 0 Å². The molecular weight excluding hydrogens is 526 g/mol. The lowest BCUT2D eigenvalue weighted by atomic mass is 10.1. The van der Waals surface area contributed by atoms with Crippen LogP contribution >= 0.6 is 23.2 Å². The maximum absolute atomic E-state index is 13.6. The van der Waals surface area contributed by atoms with E-state index in [0.717, 1.165) is 22.6 Å². The van der Waals surface area contributed by atoms with Gasteiger partial charge in [0.05, 0.1) is 21.3 Å². The molecule has 2 heterocycles. The van der Waals surface area contributed by atoms with Crippen LogP contribution in [0.5, 0.6) is 0 Å². The summed E-state index contributed by atoms with van der Waals surface area (Å²) >= 11 is 12.0. The Kier molecular flexibility index (Phi) is 7.40. The molecule has 0 unspecified atom stereocenters. The summed E-state index contributed by atoms with van der Waals surface area (Å²) < 4.78 is 15.6. The molecule has 0 spiro atoms. The summed E-state index contributed by atoms with van der Waals surface area (Å²) in [4.78, 5) is 29.8. The van der Waals surface area contributed by atoms with Crippen molar-refractivity contribution < 1.29 is 14.0 Å². The summed E-state index contributed by atoms with van der Waals surface area (Å²) in [7, 11) is 0. The van der Waals surface area contributed by atoms with Crippen molar-refractivity contribution in [2.24, 2.45) is 0 Å². The molecule has 0 aliphatic carbocycles. The number of hydrogen-bond acceptors (Lipinski definition) is 2. The van der Waals surface area contributed by atoms with E-state index in [-0.39, 0.29) is 17.8 Å². The maximum atomic E-state index is 13.6. The SMILES string of the molecule is Cc1c(C(=O)N2CCN(C(=O)Nc3ccc(Cl)c(Cl)c3)CC2)cc(-c2ccc(F)cc2)n1-c1ccccc1. The van der Waals surface area contributed by atoms with E-state index in [1.165, 1.54) is 12.1 Å². The Morgan fingerprint density at radius 3 is 2.13 bits per heavy atom. The van der Waals surface area contributed by atoms with E-state index in [2.05, 4.69) is 5.32 Å². The largest absolute Gasteiger partial charge is 0.335 e. The Balaban J connectivity index is 1.34. The molecule has 1 fully saturated rings. The number of hydrogen-bond donors (Lipinski definition) is 1. The van der Waals surface area contributed by atoms with E-state index in [0.29, 0.717) is 47.5 Å². The van der Waals surface area contributed by atoms with Gasteiger partial charge < -0.3 is 19.7 Å². The number of piperazine rings is 1. The lowest BCUT2D eigenvalue weighted by Crippen LogP contribution is -2.51. The number of carbonyl (C=O) groups excluding carboxylic acids is 2. The number of carbonyl (C=O) groups is 2. The number of nitrogens with one attached hydrogen (secondary N) is 1. The Morgan fingerprint density at radius 1 is 0.816 bits per heavy atom. The average molecular weight is 551 g/mol. The smallest absolute Gasteiger partial charge is 0.321 e. The zero-order valence-electron chi connectivity index (χ0n) is 20.6. The quantitative estimate of drug-likeness (QED) is 0.300. The predicted octanol–water partition coefficient (Wildman–Crippen LogP) is 6.89. The monoisotopic (exact) mass is 550 g/mol. The molecule has 0 atom stereocenters. The number of nitrogens with zero attached hydrogens (tertiary/aromatic N) is 3. The molecule has 3 aromatic carbocycles. The molecule has 0 saturated carbocycles. The molecule has 0 bridgehead atoms. The van der Waals surface area contributed by atoms with Crippen molar-refractivity contribution in [2.45, 2.75) is 6.92 Å². The molecule has 1 aliphatic rings. The van der Waals surface area contributed by atoms with E-state index >= 15 is 0 Å². The fourth-order valence-corrected chi connectivity index (χ4v) is 4.92. The first-order valence-corrected chi connectivity index (χ1v) is 12.9. The summed E-state index contributed by atoms with van der Waals surface area (Å²) in [6.07, 6.45) is 0. The van der Waals surface area contributed by atoms with Gasteiger partial charge in [-0.1, -0.05) is 41.4 Å². The fraction of sp³-hybridized carbons (Fsp3) is 0.172. The molecule has 38 heavy (non-hydrogen) atoms. The summed E-state index contributed by atoms with van der Waals surface area (Å²) in [5.74, 6) is -0.425. The minimum atomic E-state index is -0.319. The van der Waals surface area contributed by atoms with Gasteiger partial charge in [0.25, 0.3) is 5.91 Å². The van der Waals surface area contributed by atoms with E-state index < -0.39 is 0 Å². The van der Waals surface area contributed by atoms with Crippen LogP contribution in [-0.4, -0.2) is 52.5 Å². The lowest BCUT2D eigenvalue weighted by Gasteiger charge is -2.34. The van der Waals surface area contributed by atoms with Crippen molar-refractivity contribution in [1.82, 2.24) is 14.4 Å². The van der Waals surface area contributed by atoms with Crippen LogP contribution in [0.15, 0.2) is 78.9 Å². The van der Waals surface area contributed by atoms with Gasteiger partial charge in [-0.05, 0) is 73.2 Å². The predicted molar refractivity (Wildman–Crippen MR) is 149 cm³/mol. The molecular formula is C29H25Cl2FN4O2. The third-order valence-corrected chi connectivity index (χ3v) is 7.40. The standard InChI is InChI=1S/C29H25Cl2FN4O2/c1-19-24(18-27(20-7-9-21(32)10-8-20)36(19)23-5-3-2-4-6-23)28(37)34-13-15-35(16-14-34)29(38)33-22-11-12-25(30)26(31)17-22/h2-12,17-18H,13-16H2,1H3,(H,33,38). The summed E-state index contributed by atoms with van der Waals surface area (Å²) in [6, 6.07) is 22.5. The highest BCUT2D eigenvalue weighted by atomic mass is 35.5. The van der Waals surface area contributed by atoms with Crippen LogP contribution in [0.1, 0.15) is 16.1 Å². The van der Waals surface area contributed by atoms with Crippen LogP contribution in [0.25, 0.3) is 16.9 Å². The highest BCUT2D eigenvalue weighted by molar-refractivity contribution is 6.42. The second-order valence-corrected chi connectivity index (χ2v) is 9.86. The average Bonchev–Trinajstić information content (AvgIpc) is 3.28. The highest BCUT2D eigenvalue weighted by Gasteiger charge is 2.28. The van der Waals surface area contributed by atoms with Crippen LogP contribution in [0.4, 0.5) is 14.9 Å². The van der Waals surface area contributed by atoms with Crippen LogP contribution < -0.4 is 5.32 Å². The van der Waals surface area contributed by atoms with E-state index in [1.54, 1.807) is 40.1 Å². The summed E-state index contributed by atoms with van der Waals surface area (Å²) in [5.41, 5.74) is 4.43. The molecule has 1 saturated heterocycles. The number of benzene rings is 3. The summed E-state index contributed by atoms with van der Waals surface area (Å²) in [5, 5.41) is 3.60. The third-order valence-electron chi connectivity index (χ3n) is 6.66. The fourth-order valence-electron chi connectivity index (χ4n) is 4.63. The van der Waals surface area contributed by atoms with Crippen LogP contribution in [0, 0.1) is 12.7 Å². The lowest BCUT2D eigenvalue weighted by molar-refractivity contribution is 0.0671. The van der Waals surface area contributed by atoms with E-state index in [1.807, 2.05) is 47.9 Å². The number of aromatic nitrogens is 1. The molecule has 194 valence electrons. The molecule has 6 nitrogen and oxygen atoms in total. The van der Waals surface area contributed by atoms with E-state index in [9.17, 15) is 14.0 Å². The first kappa shape index (κ1) is 25.8. The number of halogens is 3. The van der Waals surface area contributed by atoms with Gasteiger partial charge in [0.1, 0.15) is 5.82 Å². The van der Waals surface area contributed by atoms with Gasteiger partial charge in [0.15, 0.2) is 0 Å². The topological polar surface area (TPSA) is 57.6 Å². The van der Waals surface area contributed by atoms with Crippen molar-refractivity contribution in [3.8, 4) is 16.9 Å². The molecule has 1 aliphatic heterocycles. The van der Waals surface area contributed by atoms with Crippen LogP contribution in [-0.2, 0) is 0 Å². The molecule has 1 N–H and O–H groups in total. The van der Waals surface area contributed by atoms with Crippen molar-refractivity contribution in [2.75, 3.05) is 31.5 Å². The van der Waals surface area contributed by atoms with E-state index in [4.69, 9.17) is 23.2 Å². The van der Waals surface area contributed by atoms with Gasteiger partial charge in [-0.25, -0.2) is 9.18 Å². The Labute approximate surface area is 230 Å². The number of anilines is 1. The van der Waals surface area contributed by atoms with Gasteiger partial charge >= 0.3 is 6.03 Å². The zero-order chi connectivity index (χ0) is 26.8. The maximum Gasteiger partial charge on any atom is 0.321 e. The number of rotatable bonds is 4. The zero-order valence-corrected chi connectivity index (χ0v) is 22.1.